The Morgan fingerprint density at radius 1 is 1.50 bits per heavy atom. The molecule has 1 aliphatic rings. The Hall–Kier alpha value is -1.40. The van der Waals surface area contributed by atoms with Crippen LogP contribution in [0.2, 0.25) is 0 Å². The van der Waals surface area contributed by atoms with Crippen LogP contribution in [0.25, 0.3) is 0 Å². The highest BCUT2D eigenvalue weighted by atomic mass is 32.1. The van der Waals surface area contributed by atoms with Crippen molar-refractivity contribution in [2.45, 2.75) is 31.8 Å². The molecule has 0 radical (unpaired) electrons. The fourth-order valence-corrected chi connectivity index (χ4v) is 3.04. The van der Waals surface area contributed by atoms with Crippen LogP contribution >= 0.6 is 11.3 Å². The molecule has 0 saturated carbocycles. The van der Waals surface area contributed by atoms with Crippen LogP contribution in [-0.2, 0) is 4.79 Å². The molecule has 2 rings (SSSR count). The van der Waals surface area contributed by atoms with Crippen molar-refractivity contribution in [3.8, 4) is 0 Å². The van der Waals surface area contributed by atoms with Crippen LogP contribution in [0.4, 0.5) is 0 Å². The van der Waals surface area contributed by atoms with E-state index in [9.17, 15) is 14.7 Å². The molecule has 2 amide bonds. The van der Waals surface area contributed by atoms with E-state index in [2.05, 4.69) is 5.32 Å². The zero-order valence-corrected chi connectivity index (χ0v) is 12.4. The molecule has 6 heteroatoms. The number of rotatable bonds is 6. The number of nitrogens with one attached hydrogen (secondary N) is 1. The van der Waals surface area contributed by atoms with E-state index in [1.165, 1.54) is 11.3 Å². The van der Waals surface area contributed by atoms with Gasteiger partial charge >= 0.3 is 0 Å². The van der Waals surface area contributed by atoms with E-state index >= 15 is 0 Å². The highest BCUT2D eigenvalue weighted by Crippen LogP contribution is 2.26. The van der Waals surface area contributed by atoms with Crippen LogP contribution in [0, 0.1) is 0 Å². The molecule has 0 bridgehead atoms. The van der Waals surface area contributed by atoms with Crippen molar-refractivity contribution >= 4 is 23.2 Å². The Bertz CT molecular complexity index is 467. The molecule has 20 heavy (non-hydrogen) atoms. The van der Waals surface area contributed by atoms with Crippen LogP contribution in [-0.4, -0.2) is 47.1 Å². The number of aliphatic hydroxyl groups is 1. The second kappa shape index (κ2) is 6.37. The first kappa shape index (κ1) is 15.0. The van der Waals surface area contributed by atoms with Crippen molar-refractivity contribution in [3.05, 3.63) is 22.4 Å². The number of carbonyl (C=O) groups excluding carboxylic acids is 2. The van der Waals surface area contributed by atoms with E-state index in [1.807, 2.05) is 12.3 Å². The summed E-state index contributed by atoms with van der Waals surface area (Å²) in [4.78, 5) is 25.2. The quantitative estimate of drug-likeness (QED) is 0.830. The summed E-state index contributed by atoms with van der Waals surface area (Å²) in [6, 6.07) is 1.75. The monoisotopic (exact) mass is 296 g/mol. The highest BCUT2D eigenvalue weighted by molar-refractivity contribution is 7.08. The molecular formula is C14H20N2O3S. The number of nitrogens with zero attached hydrogens (tertiary/aromatic N) is 1. The van der Waals surface area contributed by atoms with E-state index in [4.69, 9.17) is 0 Å². The van der Waals surface area contributed by atoms with Crippen molar-refractivity contribution < 1.29 is 14.7 Å². The van der Waals surface area contributed by atoms with Gasteiger partial charge in [0.05, 0.1) is 18.7 Å². The first-order valence-electron chi connectivity index (χ1n) is 6.84. The van der Waals surface area contributed by atoms with Gasteiger partial charge in [-0.1, -0.05) is 13.3 Å². The Morgan fingerprint density at radius 2 is 2.25 bits per heavy atom. The molecule has 1 aromatic heterocycles. The molecule has 110 valence electrons. The number of thiophene rings is 1. The normalized spacial score (nSPS) is 16.6. The summed E-state index contributed by atoms with van der Waals surface area (Å²) >= 11 is 1.47. The van der Waals surface area contributed by atoms with Gasteiger partial charge in [0, 0.05) is 23.9 Å². The Morgan fingerprint density at radius 3 is 2.85 bits per heavy atom. The van der Waals surface area contributed by atoms with Gasteiger partial charge in [-0.2, -0.15) is 11.3 Å². The van der Waals surface area contributed by atoms with Crippen molar-refractivity contribution in [1.82, 2.24) is 10.2 Å². The summed E-state index contributed by atoms with van der Waals surface area (Å²) in [7, 11) is 0. The molecule has 2 N–H and O–H groups in total. The topological polar surface area (TPSA) is 69.6 Å². The molecule has 0 unspecified atom stereocenters. The molecule has 1 aliphatic heterocycles. The Labute approximate surface area is 122 Å². The van der Waals surface area contributed by atoms with Crippen LogP contribution in [0.5, 0.6) is 0 Å². The lowest BCUT2D eigenvalue weighted by Gasteiger charge is -2.46. The number of hydrogen-bond acceptors (Lipinski definition) is 4. The minimum atomic E-state index is -0.690. The largest absolute Gasteiger partial charge is 0.386 e. The lowest BCUT2D eigenvalue weighted by molar-refractivity contribution is -0.156. The maximum Gasteiger partial charge on any atom is 0.252 e. The van der Waals surface area contributed by atoms with Gasteiger partial charge in [-0.15, -0.1) is 0 Å². The molecule has 0 aromatic carbocycles. The predicted octanol–water partition coefficient (Wildman–Crippen LogP) is 1.24. The molecule has 5 nitrogen and oxygen atoms in total. The number of amides is 2. The van der Waals surface area contributed by atoms with Gasteiger partial charge in [-0.3, -0.25) is 9.59 Å². The smallest absolute Gasteiger partial charge is 0.252 e. The van der Waals surface area contributed by atoms with Crippen molar-refractivity contribution in [3.63, 3.8) is 0 Å². The third-order valence-corrected chi connectivity index (χ3v) is 4.13. The summed E-state index contributed by atoms with van der Waals surface area (Å²) in [6.07, 6.45) is 1.92. The van der Waals surface area contributed by atoms with Crippen LogP contribution in [0.3, 0.4) is 0 Å². The summed E-state index contributed by atoms with van der Waals surface area (Å²) in [6.45, 7) is 3.18. The standard InChI is InChI=1S/C14H20N2O3S/c1-2-5-14(19)9-16(10-14)12(17)3-6-15-13(18)11-4-7-20-8-11/h4,7-8,19H,2-3,5-6,9-10H2,1H3,(H,15,18). The molecule has 2 heterocycles. The zero-order chi connectivity index (χ0) is 14.6. The van der Waals surface area contributed by atoms with Crippen molar-refractivity contribution in [2.24, 2.45) is 0 Å². The second-order valence-corrected chi connectivity index (χ2v) is 6.02. The third-order valence-electron chi connectivity index (χ3n) is 3.45. The van der Waals surface area contributed by atoms with Crippen LogP contribution in [0.1, 0.15) is 36.5 Å². The molecule has 1 aromatic rings. The predicted molar refractivity (Wildman–Crippen MR) is 77.7 cm³/mol. The summed E-state index contributed by atoms with van der Waals surface area (Å²) in [5.41, 5.74) is -0.0617. The first-order valence-corrected chi connectivity index (χ1v) is 7.79. The number of β-amino-alcohol motifs (C(OH)–C–C–N with tert-alkyl or cyclic N) is 1. The lowest BCUT2D eigenvalue weighted by atomic mass is 9.89. The van der Waals surface area contributed by atoms with E-state index < -0.39 is 5.60 Å². The maximum absolute atomic E-state index is 11.9. The highest BCUT2D eigenvalue weighted by Gasteiger charge is 2.42. The van der Waals surface area contributed by atoms with Crippen LogP contribution in [0.15, 0.2) is 16.8 Å². The van der Waals surface area contributed by atoms with E-state index in [1.54, 1.807) is 16.3 Å². The van der Waals surface area contributed by atoms with Crippen molar-refractivity contribution in [1.29, 1.82) is 0 Å². The zero-order valence-electron chi connectivity index (χ0n) is 11.6. The van der Waals surface area contributed by atoms with Gasteiger partial charge in [0.1, 0.15) is 0 Å². The Balaban J connectivity index is 1.66. The molecule has 0 aliphatic carbocycles. The van der Waals surface area contributed by atoms with Crippen LogP contribution < -0.4 is 5.32 Å². The van der Waals surface area contributed by atoms with Gasteiger partial charge in [0.2, 0.25) is 5.91 Å². The summed E-state index contributed by atoms with van der Waals surface area (Å²) < 4.78 is 0. The van der Waals surface area contributed by atoms with Gasteiger partial charge in [-0.25, -0.2) is 0 Å². The molecule has 0 spiro atoms. The number of carbonyl (C=O) groups is 2. The van der Waals surface area contributed by atoms with E-state index in [0.29, 0.717) is 25.2 Å². The molecule has 1 saturated heterocycles. The van der Waals surface area contributed by atoms with E-state index in [0.717, 1.165) is 12.8 Å². The van der Waals surface area contributed by atoms with Gasteiger partial charge in [0.15, 0.2) is 0 Å². The van der Waals surface area contributed by atoms with Gasteiger partial charge < -0.3 is 15.3 Å². The lowest BCUT2D eigenvalue weighted by Crippen LogP contribution is -2.63. The fourth-order valence-electron chi connectivity index (χ4n) is 2.40. The maximum atomic E-state index is 11.9. The third kappa shape index (κ3) is 3.58. The average molecular weight is 296 g/mol. The molecular weight excluding hydrogens is 276 g/mol. The van der Waals surface area contributed by atoms with E-state index in [-0.39, 0.29) is 18.2 Å². The summed E-state index contributed by atoms with van der Waals surface area (Å²) in [5, 5.41) is 16.3. The Kier molecular flexibility index (Phi) is 4.77. The van der Waals surface area contributed by atoms with Gasteiger partial charge in [0.25, 0.3) is 5.91 Å². The fraction of sp³-hybridized carbons (Fsp3) is 0.571. The number of hydrogen-bond donors (Lipinski definition) is 2. The summed E-state index contributed by atoms with van der Waals surface area (Å²) in [5.74, 6) is -0.165. The van der Waals surface area contributed by atoms with Gasteiger partial charge in [-0.05, 0) is 17.9 Å². The number of likely N-dealkylation sites (tertiary alicyclic amines) is 1. The minimum absolute atomic E-state index is 0.0172. The molecule has 1 fully saturated rings. The second-order valence-electron chi connectivity index (χ2n) is 5.24. The SMILES string of the molecule is CCCC1(O)CN(C(=O)CCNC(=O)c2ccsc2)C1. The average Bonchev–Trinajstić information content (AvgIpc) is 2.89. The minimum Gasteiger partial charge on any atom is -0.386 e. The molecule has 0 atom stereocenters. The first-order chi connectivity index (χ1) is 9.54. The van der Waals surface area contributed by atoms with Crippen molar-refractivity contribution in [2.75, 3.05) is 19.6 Å².